The van der Waals surface area contributed by atoms with Crippen LogP contribution in [0.4, 0.5) is 10.1 Å². The lowest BCUT2D eigenvalue weighted by atomic mass is 10.0. The Kier molecular flexibility index (Phi) is 7.55. The second-order valence-electron chi connectivity index (χ2n) is 7.71. The molecule has 0 saturated heterocycles. The third kappa shape index (κ3) is 5.70. The summed E-state index contributed by atoms with van der Waals surface area (Å²) in [5.74, 6) is -0.923. The molecule has 0 saturated carbocycles. The van der Waals surface area contributed by atoms with Gasteiger partial charge in [-0.1, -0.05) is 68.4 Å². The van der Waals surface area contributed by atoms with Crippen molar-refractivity contribution >= 4 is 23.6 Å². The molecule has 0 unspecified atom stereocenters. The van der Waals surface area contributed by atoms with Crippen LogP contribution in [0.2, 0.25) is 0 Å². The highest BCUT2D eigenvalue weighted by molar-refractivity contribution is 5.95. The average molecular weight is 432 g/mol. The molecule has 32 heavy (non-hydrogen) atoms. The first-order valence-electron chi connectivity index (χ1n) is 10.4. The predicted molar refractivity (Wildman–Crippen MR) is 125 cm³/mol. The highest BCUT2D eigenvalue weighted by Gasteiger charge is 2.19. The van der Waals surface area contributed by atoms with Gasteiger partial charge in [-0.15, -0.1) is 0 Å². The fraction of sp³-hybridized carbons (Fsp3) is 0.185. The number of rotatable bonds is 7. The van der Waals surface area contributed by atoms with E-state index in [4.69, 9.17) is 0 Å². The Morgan fingerprint density at radius 1 is 1.00 bits per heavy atom. The van der Waals surface area contributed by atoms with Crippen molar-refractivity contribution in [2.75, 3.05) is 12.0 Å². The number of ether oxygens (including phenoxy) is 1. The highest BCUT2D eigenvalue weighted by Crippen LogP contribution is 2.25. The Balaban J connectivity index is 1.88. The number of amides is 1. The summed E-state index contributed by atoms with van der Waals surface area (Å²) in [7, 11) is 1.32. The molecule has 3 aromatic carbocycles. The van der Waals surface area contributed by atoms with E-state index in [2.05, 4.69) is 4.74 Å². The van der Waals surface area contributed by atoms with E-state index in [1.807, 2.05) is 62.4 Å². The summed E-state index contributed by atoms with van der Waals surface area (Å²) < 4.78 is 18.7. The minimum Gasteiger partial charge on any atom is -0.466 e. The molecule has 0 N–H and O–H groups in total. The molecule has 3 aromatic rings. The van der Waals surface area contributed by atoms with Gasteiger partial charge in [0.15, 0.2) is 0 Å². The quantitative estimate of drug-likeness (QED) is 0.347. The van der Waals surface area contributed by atoms with Crippen LogP contribution in [0.1, 0.15) is 25.0 Å². The lowest BCUT2D eigenvalue weighted by Crippen LogP contribution is -2.33. The molecule has 0 aliphatic heterocycles. The average Bonchev–Trinajstić information content (AvgIpc) is 2.81. The summed E-state index contributed by atoms with van der Waals surface area (Å²) in [6.45, 7) is 4.09. The van der Waals surface area contributed by atoms with Gasteiger partial charge in [0.2, 0.25) is 5.91 Å². The summed E-state index contributed by atoms with van der Waals surface area (Å²) in [5, 5.41) is 0. The molecule has 0 heterocycles. The zero-order valence-electron chi connectivity index (χ0n) is 18.4. The van der Waals surface area contributed by atoms with E-state index >= 15 is 0 Å². The number of hydrogen-bond donors (Lipinski definition) is 0. The standard InChI is InChI=1S/C27H26FNO3/c1-19(2)27(31)29(23-8-6-7-20(17-23)13-16-26(30)32-3)18-21-11-14-22(15-12-21)24-9-4-5-10-25(24)28/h4-17,19H,18H2,1-3H3/b16-13+. The van der Waals surface area contributed by atoms with Crippen molar-refractivity contribution in [3.63, 3.8) is 0 Å². The van der Waals surface area contributed by atoms with Crippen LogP contribution in [0.5, 0.6) is 0 Å². The zero-order chi connectivity index (χ0) is 23.1. The van der Waals surface area contributed by atoms with E-state index in [0.717, 1.165) is 22.4 Å². The molecule has 0 radical (unpaired) electrons. The van der Waals surface area contributed by atoms with Crippen molar-refractivity contribution in [3.05, 3.63) is 95.8 Å². The van der Waals surface area contributed by atoms with Crippen LogP contribution in [0.25, 0.3) is 17.2 Å². The topological polar surface area (TPSA) is 46.6 Å². The Bertz CT molecular complexity index is 1120. The Morgan fingerprint density at radius 2 is 1.72 bits per heavy atom. The summed E-state index contributed by atoms with van der Waals surface area (Å²) >= 11 is 0. The van der Waals surface area contributed by atoms with Gasteiger partial charge in [-0.2, -0.15) is 0 Å². The van der Waals surface area contributed by atoms with Crippen LogP contribution < -0.4 is 4.90 Å². The normalized spacial score (nSPS) is 11.0. The first kappa shape index (κ1) is 22.9. The van der Waals surface area contributed by atoms with Gasteiger partial charge < -0.3 is 9.64 Å². The van der Waals surface area contributed by atoms with Crippen molar-refractivity contribution in [3.8, 4) is 11.1 Å². The number of hydrogen-bond acceptors (Lipinski definition) is 3. The third-order valence-corrected chi connectivity index (χ3v) is 5.03. The summed E-state index contributed by atoms with van der Waals surface area (Å²) in [6, 6.07) is 21.6. The van der Waals surface area contributed by atoms with Crippen LogP contribution in [0.15, 0.2) is 78.9 Å². The first-order chi connectivity index (χ1) is 15.4. The Morgan fingerprint density at radius 3 is 2.38 bits per heavy atom. The Hall–Kier alpha value is -3.73. The second-order valence-corrected chi connectivity index (χ2v) is 7.71. The lowest BCUT2D eigenvalue weighted by Gasteiger charge is -2.25. The predicted octanol–water partition coefficient (Wildman–Crippen LogP) is 5.87. The molecule has 0 aliphatic rings. The molecule has 5 heteroatoms. The highest BCUT2D eigenvalue weighted by atomic mass is 19.1. The maximum Gasteiger partial charge on any atom is 0.330 e. The number of carbonyl (C=O) groups excluding carboxylic acids is 2. The Labute approximate surface area is 188 Å². The number of methoxy groups -OCH3 is 1. The summed E-state index contributed by atoms with van der Waals surface area (Å²) in [5.41, 5.74) is 3.76. The fourth-order valence-electron chi connectivity index (χ4n) is 3.30. The van der Waals surface area contributed by atoms with Gasteiger partial charge in [-0.3, -0.25) is 4.79 Å². The number of anilines is 1. The van der Waals surface area contributed by atoms with Crippen molar-refractivity contribution in [2.24, 2.45) is 5.92 Å². The van der Waals surface area contributed by atoms with Crippen LogP contribution >= 0.6 is 0 Å². The molecule has 0 aliphatic carbocycles. The van der Waals surface area contributed by atoms with Gasteiger partial charge in [0, 0.05) is 23.2 Å². The minimum absolute atomic E-state index is 0.0164. The lowest BCUT2D eigenvalue weighted by molar-refractivity contribution is -0.134. The molecule has 0 atom stereocenters. The number of halogens is 1. The zero-order valence-corrected chi connectivity index (χ0v) is 18.4. The van der Waals surface area contributed by atoms with Gasteiger partial charge in [-0.25, -0.2) is 9.18 Å². The van der Waals surface area contributed by atoms with Gasteiger partial charge in [-0.05, 0) is 41.0 Å². The van der Waals surface area contributed by atoms with E-state index < -0.39 is 5.97 Å². The summed E-state index contributed by atoms with van der Waals surface area (Å²) in [4.78, 5) is 26.1. The van der Waals surface area contributed by atoms with Gasteiger partial charge >= 0.3 is 5.97 Å². The van der Waals surface area contributed by atoms with Crippen LogP contribution in [0, 0.1) is 11.7 Å². The molecule has 3 rings (SSSR count). The van der Waals surface area contributed by atoms with Crippen LogP contribution in [-0.4, -0.2) is 19.0 Å². The van der Waals surface area contributed by atoms with Gasteiger partial charge in [0.25, 0.3) is 0 Å². The molecular formula is C27H26FNO3. The number of carbonyl (C=O) groups is 2. The molecular weight excluding hydrogens is 405 g/mol. The van der Waals surface area contributed by atoms with E-state index in [1.54, 1.807) is 29.2 Å². The van der Waals surface area contributed by atoms with Crippen LogP contribution in [0.3, 0.4) is 0 Å². The van der Waals surface area contributed by atoms with Crippen LogP contribution in [-0.2, 0) is 20.9 Å². The van der Waals surface area contributed by atoms with Crippen molar-refractivity contribution < 1.29 is 18.7 Å². The smallest absolute Gasteiger partial charge is 0.330 e. The number of esters is 1. The molecule has 0 spiro atoms. The molecule has 4 nitrogen and oxygen atoms in total. The molecule has 0 bridgehead atoms. The maximum atomic E-state index is 14.1. The first-order valence-corrected chi connectivity index (χ1v) is 10.4. The van der Waals surface area contributed by atoms with E-state index in [0.29, 0.717) is 12.1 Å². The summed E-state index contributed by atoms with van der Waals surface area (Å²) in [6.07, 6.45) is 2.99. The monoisotopic (exact) mass is 431 g/mol. The molecule has 0 fully saturated rings. The molecule has 164 valence electrons. The molecule has 1 amide bonds. The van der Waals surface area contributed by atoms with E-state index in [1.165, 1.54) is 19.3 Å². The molecule has 0 aromatic heterocycles. The van der Waals surface area contributed by atoms with E-state index in [9.17, 15) is 14.0 Å². The van der Waals surface area contributed by atoms with Crippen molar-refractivity contribution in [1.82, 2.24) is 0 Å². The third-order valence-electron chi connectivity index (χ3n) is 5.03. The maximum absolute atomic E-state index is 14.1. The minimum atomic E-state index is -0.444. The fourth-order valence-corrected chi connectivity index (χ4v) is 3.30. The van der Waals surface area contributed by atoms with Gasteiger partial charge in [0.1, 0.15) is 5.82 Å². The van der Waals surface area contributed by atoms with Crippen molar-refractivity contribution in [1.29, 1.82) is 0 Å². The van der Waals surface area contributed by atoms with Crippen molar-refractivity contribution in [2.45, 2.75) is 20.4 Å². The number of nitrogens with zero attached hydrogens (tertiary/aromatic N) is 1. The SMILES string of the molecule is COC(=O)/C=C/c1cccc(N(Cc2ccc(-c3ccccc3F)cc2)C(=O)C(C)C)c1. The number of benzene rings is 3. The van der Waals surface area contributed by atoms with E-state index in [-0.39, 0.29) is 17.6 Å². The largest absolute Gasteiger partial charge is 0.466 e. The second kappa shape index (κ2) is 10.5. The van der Waals surface area contributed by atoms with Gasteiger partial charge in [0.05, 0.1) is 13.7 Å².